The van der Waals surface area contributed by atoms with Crippen molar-refractivity contribution in [2.45, 2.75) is 45.8 Å². The molecule has 0 saturated carbocycles. The molecule has 1 aliphatic heterocycles. The number of carbonyl (C=O) groups excluding carboxylic acids is 2. The second-order valence-electron chi connectivity index (χ2n) is 6.58. The van der Waals surface area contributed by atoms with Crippen molar-refractivity contribution >= 4 is 17.5 Å². The summed E-state index contributed by atoms with van der Waals surface area (Å²) in [7, 11) is 1.62. The summed E-state index contributed by atoms with van der Waals surface area (Å²) in [4.78, 5) is 26.1. The van der Waals surface area contributed by atoms with Crippen LogP contribution in [0.15, 0.2) is 12.1 Å². The third-order valence-corrected chi connectivity index (χ3v) is 4.34. The first-order valence-corrected chi connectivity index (χ1v) is 8.30. The minimum atomic E-state index is -0.487. The van der Waals surface area contributed by atoms with Crippen molar-refractivity contribution in [2.75, 3.05) is 25.5 Å². The van der Waals surface area contributed by atoms with Crippen molar-refractivity contribution in [3.05, 3.63) is 28.8 Å². The lowest BCUT2D eigenvalue weighted by Crippen LogP contribution is -2.41. The SMILES string of the molecule is Cc1cc(C)c(NC(=O)CN(C)C(=O)[C@@H]2CC[C@H](CN)O2)c(C)c1. The van der Waals surface area contributed by atoms with Crippen molar-refractivity contribution in [3.8, 4) is 0 Å². The molecule has 24 heavy (non-hydrogen) atoms. The molecule has 3 N–H and O–H groups in total. The summed E-state index contributed by atoms with van der Waals surface area (Å²) in [5, 5.41) is 2.91. The molecule has 1 saturated heterocycles. The van der Waals surface area contributed by atoms with Crippen LogP contribution in [-0.4, -0.2) is 49.1 Å². The Morgan fingerprint density at radius 1 is 1.25 bits per heavy atom. The fourth-order valence-electron chi connectivity index (χ4n) is 3.16. The van der Waals surface area contributed by atoms with Crippen molar-refractivity contribution in [1.29, 1.82) is 0 Å². The largest absolute Gasteiger partial charge is 0.364 e. The van der Waals surface area contributed by atoms with Gasteiger partial charge in [0.05, 0.1) is 12.6 Å². The number of anilines is 1. The van der Waals surface area contributed by atoms with Crippen LogP contribution in [0.3, 0.4) is 0 Å². The topological polar surface area (TPSA) is 84.7 Å². The van der Waals surface area contributed by atoms with Crippen molar-refractivity contribution in [3.63, 3.8) is 0 Å². The van der Waals surface area contributed by atoms with Gasteiger partial charge < -0.3 is 20.7 Å². The predicted octanol–water partition coefficient (Wildman–Crippen LogP) is 1.52. The first-order chi connectivity index (χ1) is 11.3. The highest BCUT2D eigenvalue weighted by atomic mass is 16.5. The number of hydrogen-bond acceptors (Lipinski definition) is 4. The third-order valence-electron chi connectivity index (χ3n) is 4.34. The smallest absolute Gasteiger partial charge is 0.251 e. The maximum atomic E-state index is 12.4. The van der Waals surface area contributed by atoms with Gasteiger partial charge in [-0.3, -0.25) is 9.59 Å². The summed E-state index contributed by atoms with van der Waals surface area (Å²) in [6.45, 7) is 6.36. The Bertz CT molecular complexity index is 607. The number of hydrogen-bond donors (Lipinski definition) is 2. The van der Waals surface area contributed by atoms with Gasteiger partial charge in [-0.15, -0.1) is 0 Å². The molecule has 2 rings (SSSR count). The molecule has 2 atom stereocenters. The van der Waals surface area contributed by atoms with E-state index in [1.807, 2.05) is 32.9 Å². The molecular formula is C18H27N3O3. The summed E-state index contributed by atoms with van der Waals surface area (Å²) in [6.07, 6.45) is 0.899. The van der Waals surface area contributed by atoms with Gasteiger partial charge in [-0.1, -0.05) is 17.7 Å². The summed E-state index contributed by atoms with van der Waals surface area (Å²) < 4.78 is 5.60. The number of nitrogens with two attached hydrogens (primary N) is 1. The summed E-state index contributed by atoms with van der Waals surface area (Å²) in [5.74, 6) is -0.382. The van der Waals surface area contributed by atoms with E-state index in [2.05, 4.69) is 5.32 Å². The van der Waals surface area contributed by atoms with E-state index in [1.165, 1.54) is 4.90 Å². The quantitative estimate of drug-likeness (QED) is 0.855. The van der Waals surface area contributed by atoms with E-state index in [-0.39, 0.29) is 24.5 Å². The molecular weight excluding hydrogens is 306 g/mol. The first kappa shape index (κ1) is 18.4. The van der Waals surface area contributed by atoms with Crippen LogP contribution in [0, 0.1) is 20.8 Å². The highest BCUT2D eigenvalue weighted by Gasteiger charge is 2.32. The molecule has 1 aliphatic rings. The molecule has 0 unspecified atom stereocenters. The summed E-state index contributed by atoms with van der Waals surface area (Å²) in [5.41, 5.74) is 9.56. The van der Waals surface area contributed by atoms with Crippen LogP contribution in [0.5, 0.6) is 0 Å². The van der Waals surface area contributed by atoms with E-state index in [9.17, 15) is 9.59 Å². The van der Waals surface area contributed by atoms with Crippen molar-refractivity contribution < 1.29 is 14.3 Å². The number of benzene rings is 1. The third kappa shape index (κ3) is 4.33. The zero-order valence-electron chi connectivity index (χ0n) is 14.9. The minimum Gasteiger partial charge on any atom is -0.364 e. The van der Waals surface area contributed by atoms with Crippen LogP contribution in [0.2, 0.25) is 0 Å². The molecule has 1 heterocycles. The van der Waals surface area contributed by atoms with Gasteiger partial charge in [0.1, 0.15) is 6.10 Å². The Morgan fingerprint density at radius 3 is 2.42 bits per heavy atom. The number of carbonyl (C=O) groups is 2. The number of aryl methyl sites for hydroxylation is 3. The number of ether oxygens (including phenoxy) is 1. The molecule has 0 bridgehead atoms. The lowest BCUT2D eigenvalue weighted by Gasteiger charge is -2.21. The van der Waals surface area contributed by atoms with Gasteiger partial charge in [0.15, 0.2) is 0 Å². The number of amides is 2. The molecule has 0 spiro atoms. The van der Waals surface area contributed by atoms with Gasteiger partial charge in [-0.2, -0.15) is 0 Å². The number of nitrogens with zero attached hydrogens (tertiary/aromatic N) is 1. The standard InChI is InChI=1S/C18H27N3O3/c1-11-7-12(2)17(13(3)8-11)20-16(22)10-21(4)18(23)15-6-5-14(9-19)24-15/h7-8,14-15H,5-6,9-10,19H2,1-4H3,(H,20,22)/t14-,15+/m1/s1. The number of nitrogens with one attached hydrogen (secondary N) is 1. The fourth-order valence-corrected chi connectivity index (χ4v) is 3.16. The Balaban J connectivity index is 1.94. The molecule has 0 aliphatic carbocycles. The Kier molecular flexibility index (Phi) is 5.96. The van der Waals surface area contributed by atoms with Crippen LogP contribution in [0.25, 0.3) is 0 Å². The monoisotopic (exact) mass is 333 g/mol. The molecule has 6 nitrogen and oxygen atoms in total. The number of rotatable bonds is 5. The van der Waals surface area contributed by atoms with Gasteiger partial charge in [-0.25, -0.2) is 0 Å². The van der Waals surface area contributed by atoms with Gasteiger partial charge in [0.2, 0.25) is 5.91 Å². The van der Waals surface area contributed by atoms with Gasteiger partial charge in [0.25, 0.3) is 5.91 Å². The van der Waals surface area contributed by atoms with E-state index in [4.69, 9.17) is 10.5 Å². The van der Waals surface area contributed by atoms with Gasteiger partial charge in [-0.05, 0) is 44.7 Å². The lowest BCUT2D eigenvalue weighted by molar-refractivity contribution is -0.143. The van der Waals surface area contributed by atoms with Crippen LogP contribution in [0.4, 0.5) is 5.69 Å². The molecule has 1 aromatic carbocycles. The summed E-state index contributed by atoms with van der Waals surface area (Å²) in [6, 6.07) is 4.05. The second kappa shape index (κ2) is 7.77. The Labute approximate surface area is 143 Å². The van der Waals surface area contributed by atoms with E-state index >= 15 is 0 Å². The molecule has 2 amide bonds. The zero-order valence-corrected chi connectivity index (χ0v) is 14.9. The van der Waals surface area contributed by atoms with E-state index in [0.29, 0.717) is 13.0 Å². The van der Waals surface area contributed by atoms with Crippen molar-refractivity contribution in [2.24, 2.45) is 5.73 Å². The average molecular weight is 333 g/mol. The van der Waals surface area contributed by atoms with Crippen LogP contribution >= 0.6 is 0 Å². The molecule has 132 valence electrons. The minimum absolute atomic E-state index is 0.00125. The van der Waals surface area contributed by atoms with Gasteiger partial charge in [0, 0.05) is 19.3 Å². The number of likely N-dealkylation sites (N-methyl/N-ethyl adjacent to an activating group) is 1. The second-order valence-corrected chi connectivity index (χ2v) is 6.58. The van der Waals surface area contributed by atoms with Crippen LogP contribution in [0.1, 0.15) is 29.5 Å². The molecule has 6 heteroatoms. The van der Waals surface area contributed by atoms with E-state index < -0.39 is 6.10 Å². The van der Waals surface area contributed by atoms with Crippen molar-refractivity contribution in [1.82, 2.24) is 4.90 Å². The molecule has 1 aromatic rings. The van der Waals surface area contributed by atoms with Crippen LogP contribution in [-0.2, 0) is 14.3 Å². The van der Waals surface area contributed by atoms with E-state index in [1.54, 1.807) is 7.05 Å². The normalized spacial score (nSPS) is 20.0. The maximum Gasteiger partial charge on any atom is 0.251 e. The molecule has 1 fully saturated rings. The highest BCUT2D eigenvalue weighted by molar-refractivity contribution is 5.96. The molecule has 0 aromatic heterocycles. The van der Waals surface area contributed by atoms with Gasteiger partial charge >= 0.3 is 0 Å². The summed E-state index contributed by atoms with van der Waals surface area (Å²) >= 11 is 0. The zero-order chi connectivity index (χ0) is 17.9. The average Bonchev–Trinajstić information content (AvgIpc) is 2.99. The van der Waals surface area contributed by atoms with Crippen LogP contribution < -0.4 is 11.1 Å². The molecule has 0 radical (unpaired) electrons. The predicted molar refractivity (Wildman–Crippen MR) is 93.9 cm³/mol. The van der Waals surface area contributed by atoms with E-state index in [0.717, 1.165) is 28.8 Å². The fraction of sp³-hybridized carbons (Fsp3) is 0.556. The maximum absolute atomic E-state index is 12.4. The Hall–Kier alpha value is -1.92. The first-order valence-electron chi connectivity index (χ1n) is 8.30. The Morgan fingerprint density at radius 2 is 1.88 bits per heavy atom. The lowest BCUT2D eigenvalue weighted by atomic mass is 10.1. The highest BCUT2D eigenvalue weighted by Crippen LogP contribution is 2.22.